The molecule has 0 unspecified atom stereocenters. The zero-order chi connectivity index (χ0) is 19.6. The molecule has 3 rings (SSSR count). The Morgan fingerprint density at radius 3 is 2.52 bits per heavy atom. The molecule has 4 N–H and O–H groups in total. The van der Waals surface area contributed by atoms with Gasteiger partial charge in [0.1, 0.15) is 5.75 Å². The highest BCUT2D eigenvalue weighted by Crippen LogP contribution is 2.37. The lowest BCUT2D eigenvalue weighted by Gasteiger charge is -2.09. The Balaban J connectivity index is 1.92. The molecule has 1 heterocycles. The number of nitrogen functional groups attached to an aromatic ring is 1. The van der Waals surface area contributed by atoms with E-state index in [1.165, 1.54) is 0 Å². The van der Waals surface area contributed by atoms with Crippen molar-refractivity contribution in [1.29, 1.82) is 0 Å². The van der Waals surface area contributed by atoms with E-state index in [2.05, 4.69) is 52.4 Å². The summed E-state index contributed by atoms with van der Waals surface area (Å²) >= 11 is 6.75. The van der Waals surface area contributed by atoms with Gasteiger partial charge in [-0.15, -0.1) is 0 Å². The normalized spacial score (nSPS) is 11.5. The smallest absolute Gasteiger partial charge is 0.165 e. The zero-order valence-electron chi connectivity index (χ0n) is 14.7. The average Bonchev–Trinajstić information content (AvgIpc) is 2.63. The first-order valence-electron chi connectivity index (χ1n) is 8.04. The van der Waals surface area contributed by atoms with Gasteiger partial charge in [-0.05, 0) is 59.6 Å². The van der Waals surface area contributed by atoms with E-state index in [9.17, 15) is 5.11 Å². The van der Waals surface area contributed by atoms with Gasteiger partial charge in [0.25, 0.3) is 0 Å². The second-order valence-electron chi connectivity index (χ2n) is 5.93. The number of nitrogens with one attached hydrogen (secondary N) is 1. The fourth-order valence-electron chi connectivity index (χ4n) is 2.41. The van der Waals surface area contributed by atoms with Crippen molar-refractivity contribution in [3.05, 3.63) is 62.7 Å². The fraction of sp³-hybridized carbons (Fsp3) is 0.105. The van der Waals surface area contributed by atoms with E-state index in [0.29, 0.717) is 27.4 Å². The minimum absolute atomic E-state index is 0.0799. The lowest BCUT2D eigenvalue weighted by Crippen LogP contribution is -2.03. The van der Waals surface area contributed by atoms with E-state index in [1.807, 2.05) is 38.1 Å². The number of hydrazone groups is 1. The summed E-state index contributed by atoms with van der Waals surface area (Å²) in [6.45, 7) is 3.75. The summed E-state index contributed by atoms with van der Waals surface area (Å²) in [5, 5.41) is 14.7. The number of aromatic hydroxyl groups is 1. The standard InChI is InChI=1S/C19H17Br2N5O/c1-10-7-17(26-25-11(2)12-3-5-14(22)6-4-12)24-19(23-10)15-8-13(20)9-16(21)18(15)27/h3-9,27H,22H2,1-2H3,(H,23,24,26)/b25-11+. The molecule has 0 aliphatic rings. The van der Waals surface area contributed by atoms with Crippen molar-refractivity contribution in [3.8, 4) is 17.1 Å². The number of rotatable bonds is 4. The van der Waals surface area contributed by atoms with Crippen molar-refractivity contribution in [2.24, 2.45) is 5.10 Å². The van der Waals surface area contributed by atoms with E-state index >= 15 is 0 Å². The third-order valence-electron chi connectivity index (χ3n) is 3.79. The molecule has 6 nitrogen and oxygen atoms in total. The van der Waals surface area contributed by atoms with Crippen LogP contribution in [0.5, 0.6) is 5.75 Å². The minimum Gasteiger partial charge on any atom is -0.506 e. The van der Waals surface area contributed by atoms with E-state index in [0.717, 1.165) is 21.4 Å². The first kappa shape index (κ1) is 19.3. The summed E-state index contributed by atoms with van der Waals surface area (Å²) in [7, 11) is 0. The number of aromatic nitrogens is 2. The highest BCUT2D eigenvalue weighted by Gasteiger charge is 2.13. The third kappa shape index (κ3) is 4.64. The van der Waals surface area contributed by atoms with E-state index in [1.54, 1.807) is 18.2 Å². The zero-order valence-corrected chi connectivity index (χ0v) is 17.8. The molecule has 0 amide bonds. The van der Waals surface area contributed by atoms with Gasteiger partial charge in [0.2, 0.25) is 0 Å². The maximum absolute atomic E-state index is 10.3. The second-order valence-corrected chi connectivity index (χ2v) is 7.70. The van der Waals surface area contributed by atoms with E-state index < -0.39 is 0 Å². The summed E-state index contributed by atoms with van der Waals surface area (Å²) in [6.07, 6.45) is 0. The number of benzene rings is 2. The third-order valence-corrected chi connectivity index (χ3v) is 4.85. The molecule has 0 spiro atoms. The molecule has 3 aromatic rings. The Labute approximate surface area is 173 Å². The molecule has 2 aromatic carbocycles. The van der Waals surface area contributed by atoms with E-state index in [-0.39, 0.29) is 5.75 Å². The van der Waals surface area contributed by atoms with Gasteiger partial charge in [0.15, 0.2) is 11.6 Å². The predicted molar refractivity (Wildman–Crippen MR) is 116 cm³/mol. The molecule has 0 atom stereocenters. The lowest BCUT2D eigenvalue weighted by atomic mass is 10.1. The summed E-state index contributed by atoms with van der Waals surface area (Å²) in [5.41, 5.74) is 12.4. The summed E-state index contributed by atoms with van der Waals surface area (Å²) < 4.78 is 1.36. The van der Waals surface area contributed by atoms with Gasteiger partial charge in [0, 0.05) is 21.9 Å². The van der Waals surface area contributed by atoms with Crippen LogP contribution in [0.2, 0.25) is 0 Å². The monoisotopic (exact) mass is 489 g/mol. The van der Waals surface area contributed by atoms with Gasteiger partial charge in [-0.2, -0.15) is 5.10 Å². The van der Waals surface area contributed by atoms with Crippen LogP contribution in [0.15, 0.2) is 56.5 Å². The Morgan fingerprint density at radius 1 is 1.11 bits per heavy atom. The molecule has 27 heavy (non-hydrogen) atoms. The molecular weight excluding hydrogens is 474 g/mol. The van der Waals surface area contributed by atoms with Crippen LogP contribution in [0.25, 0.3) is 11.4 Å². The van der Waals surface area contributed by atoms with Gasteiger partial charge in [0.05, 0.1) is 15.7 Å². The predicted octanol–water partition coefficient (Wildman–Crippen LogP) is 5.10. The first-order valence-corrected chi connectivity index (χ1v) is 9.62. The molecule has 0 aliphatic carbocycles. The highest BCUT2D eigenvalue weighted by atomic mass is 79.9. The molecular formula is C19H17Br2N5O. The van der Waals surface area contributed by atoms with Gasteiger partial charge in [-0.3, -0.25) is 5.43 Å². The van der Waals surface area contributed by atoms with Crippen molar-refractivity contribution < 1.29 is 5.11 Å². The number of anilines is 2. The number of phenols is 1. The largest absolute Gasteiger partial charge is 0.506 e. The van der Waals surface area contributed by atoms with E-state index in [4.69, 9.17) is 5.73 Å². The van der Waals surface area contributed by atoms with Crippen LogP contribution >= 0.6 is 31.9 Å². The van der Waals surface area contributed by atoms with Crippen LogP contribution in [0, 0.1) is 6.92 Å². The van der Waals surface area contributed by atoms with Crippen LogP contribution in [-0.2, 0) is 0 Å². The molecule has 0 saturated heterocycles. The maximum atomic E-state index is 10.3. The van der Waals surface area contributed by atoms with Crippen molar-refractivity contribution in [2.75, 3.05) is 11.2 Å². The fourth-order valence-corrected chi connectivity index (χ4v) is 3.64. The topological polar surface area (TPSA) is 96.4 Å². The van der Waals surface area contributed by atoms with Gasteiger partial charge in [-0.1, -0.05) is 28.1 Å². The molecule has 138 valence electrons. The summed E-state index contributed by atoms with van der Waals surface area (Å²) in [5.74, 6) is 1.01. The van der Waals surface area contributed by atoms with Crippen molar-refractivity contribution in [2.45, 2.75) is 13.8 Å². The summed E-state index contributed by atoms with van der Waals surface area (Å²) in [4.78, 5) is 8.90. The molecule has 0 saturated carbocycles. The number of phenolic OH excluding ortho intramolecular Hbond substituents is 1. The Hall–Kier alpha value is -2.45. The van der Waals surface area contributed by atoms with Crippen LogP contribution in [0.4, 0.5) is 11.5 Å². The average molecular weight is 491 g/mol. The van der Waals surface area contributed by atoms with Crippen molar-refractivity contribution in [1.82, 2.24) is 9.97 Å². The van der Waals surface area contributed by atoms with Crippen LogP contribution < -0.4 is 11.2 Å². The Morgan fingerprint density at radius 2 is 1.81 bits per heavy atom. The minimum atomic E-state index is 0.0799. The lowest BCUT2D eigenvalue weighted by molar-refractivity contribution is 0.473. The van der Waals surface area contributed by atoms with Crippen LogP contribution in [0.1, 0.15) is 18.2 Å². The van der Waals surface area contributed by atoms with Gasteiger partial charge >= 0.3 is 0 Å². The first-order chi connectivity index (χ1) is 12.8. The highest BCUT2D eigenvalue weighted by molar-refractivity contribution is 9.11. The Kier molecular flexibility index (Phi) is 5.76. The molecule has 0 bridgehead atoms. The Bertz CT molecular complexity index is 1020. The number of aryl methyl sites for hydroxylation is 1. The van der Waals surface area contributed by atoms with Crippen molar-refractivity contribution >= 4 is 49.1 Å². The van der Waals surface area contributed by atoms with Crippen LogP contribution in [-0.4, -0.2) is 20.8 Å². The molecule has 0 fully saturated rings. The molecule has 0 radical (unpaired) electrons. The van der Waals surface area contributed by atoms with Gasteiger partial charge < -0.3 is 10.8 Å². The number of nitrogens with zero attached hydrogens (tertiary/aromatic N) is 3. The van der Waals surface area contributed by atoms with Crippen molar-refractivity contribution in [3.63, 3.8) is 0 Å². The molecule has 8 heteroatoms. The maximum Gasteiger partial charge on any atom is 0.165 e. The summed E-state index contributed by atoms with van der Waals surface area (Å²) in [6, 6.07) is 12.8. The molecule has 1 aromatic heterocycles. The molecule has 0 aliphatic heterocycles. The van der Waals surface area contributed by atoms with Crippen LogP contribution in [0.3, 0.4) is 0 Å². The number of nitrogens with two attached hydrogens (primary N) is 1. The number of hydrogen-bond donors (Lipinski definition) is 3. The quantitative estimate of drug-likeness (QED) is 0.268. The van der Waals surface area contributed by atoms with Gasteiger partial charge in [-0.25, -0.2) is 9.97 Å². The number of halogens is 2. The number of hydrogen-bond acceptors (Lipinski definition) is 6. The second kappa shape index (κ2) is 8.06. The SMILES string of the molecule is C/C(=N\Nc1cc(C)nc(-c2cc(Br)cc(Br)c2O)n1)c1ccc(N)cc1.